The highest BCUT2D eigenvalue weighted by molar-refractivity contribution is 7.84. The number of benzene rings is 1. The molecule has 0 radical (unpaired) electrons. The first-order valence-corrected chi connectivity index (χ1v) is 8.15. The standard InChI is InChI=1S/C14H17ClO4S/c1-2-19-14(17)8-7-12(16)10-20(18)9-11-5-3-4-6-13(11)15/h3-6H,2,7-10H2,1H3. The third kappa shape index (κ3) is 6.30. The van der Waals surface area contributed by atoms with Gasteiger partial charge in [-0.3, -0.25) is 13.8 Å². The van der Waals surface area contributed by atoms with Crippen molar-refractivity contribution in [2.24, 2.45) is 0 Å². The maximum atomic E-state index is 11.9. The van der Waals surface area contributed by atoms with Gasteiger partial charge in [-0.05, 0) is 18.6 Å². The van der Waals surface area contributed by atoms with Gasteiger partial charge in [0, 0.05) is 22.2 Å². The van der Waals surface area contributed by atoms with Crippen molar-refractivity contribution in [3.63, 3.8) is 0 Å². The molecule has 0 aliphatic rings. The second-order valence-corrected chi connectivity index (χ2v) is 6.03. The first kappa shape index (κ1) is 16.9. The van der Waals surface area contributed by atoms with E-state index in [0.29, 0.717) is 11.6 Å². The van der Waals surface area contributed by atoms with Crippen LogP contribution in [0.4, 0.5) is 0 Å². The number of rotatable bonds is 8. The molecule has 0 amide bonds. The minimum atomic E-state index is -1.32. The third-order valence-corrected chi connectivity index (χ3v) is 4.16. The van der Waals surface area contributed by atoms with Gasteiger partial charge in [-0.25, -0.2) is 0 Å². The summed E-state index contributed by atoms with van der Waals surface area (Å²) in [5.74, 6) is -0.434. The van der Waals surface area contributed by atoms with Crippen molar-refractivity contribution in [2.45, 2.75) is 25.5 Å². The Morgan fingerprint density at radius 2 is 1.95 bits per heavy atom. The molecule has 1 unspecified atom stereocenters. The molecule has 0 aliphatic heterocycles. The lowest BCUT2D eigenvalue weighted by Crippen LogP contribution is -2.14. The largest absolute Gasteiger partial charge is 0.466 e. The summed E-state index contributed by atoms with van der Waals surface area (Å²) < 4.78 is 16.6. The number of hydrogen-bond acceptors (Lipinski definition) is 4. The van der Waals surface area contributed by atoms with Crippen LogP contribution in [0.1, 0.15) is 25.3 Å². The fraction of sp³-hybridized carbons (Fsp3) is 0.429. The summed E-state index contributed by atoms with van der Waals surface area (Å²) in [6, 6.07) is 7.10. The normalized spacial score (nSPS) is 11.9. The van der Waals surface area contributed by atoms with Crippen molar-refractivity contribution >= 4 is 34.2 Å². The van der Waals surface area contributed by atoms with E-state index in [0.717, 1.165) is 5.56 Å². The average Bonchev–Trinajstić information content (AvgIpc) is 2.39. The molecular formula is C14H17ClO4S. The summed E-state index contributed by atoms with van der Waals surface area (Å²) in [7, 11) is -1.32. The zero-order valence-corrected chi connectivity index (χ0v) is 12.8. The fourth-order valence-corrected chi connectivity index (χ4v) is 3.05. The highest BCUT2D eigenvalue weighted by atomic mass is 35.5. The van der Waals surface area contributed by atoms with Crippen LogP contribution >= 0.6 is 11.6 Å². The fourth-order valence-electron chi connectivity index (χ4n) is 1.57. The Hall–Kier alpha value is -1.20. The molecule has 1 rings (SSSR count). The lowest BCUT2D eigenvalue weighted by atomic mass is 10.2. The van der Waals surface area contributed by atoms with Crippen LogP contribution in [-0.2, 0) is 30.9 Å². The SMILES string of the molecule is CCOC(=O)CCC(=O)CS(=O)Cc1ccccc1Cl. The second kappa shape index (κ2) is 8.87. The summed E-state index contributed by atoms with van der Waals surface area (Å²) in [4.78, 5) is 22.7. The molecule has 1 atom stereocenters. The summed E-state index contributed by atoms with van der Waals surface area (Å²) in [5, 5.41) is 0.542. The summed E-state index contributed by atoms with van der Waals surface area (Å²) >= 11 is 5.96. The zero-order valence-electron chi connectivity index (χ0n) is 11.3. The van der Waals surface area contributed by atoms with Crippen LogP contribution in [0.3, 0.4) is 0 Å². The van der Waals surface area contributed by atoms with Gasteiger partial charge < -0.3 is 4.74 Å². The number of Topliss-reactive ketones (excluding diaryl/α,β-unsaturated/α-hetero) is 1. The molecule has 20 heavy (non-hydrogen) atoms. The van der Waals surface area contributed by atoms with E-state index < -0.39 is 16.8 Å². The molecule has 110 valence electrons. The Morgan fingerprint density at radius 1 is 1.25 bits per heavy atom. The molecule has 0 saturated heterocycles. The molecule has 0 aliphatic carbocycles. The van der Waals surface area contributed by atoms with E-state index in [2.05, 4.69) is 0 Å². The number of halogens is 1. The van der Waals surface area contributed by atoms with Crippen molar-refractivity contribution in [2.75, 3.05) is 12.4 Å². The molecule has 0 heterocycles. The third-order valence-electron chi connectivity index (χ3n) is 2.51. The van der Waals surface area contributed by atoms with E-state index in [1.165, 1.54) is 0 Å². The summed E-state index contributed by atoms with van der Waals surface area (Å²) in [6.07, 6.45) is 0.100. The number of ether oxygens (including phenoxy) is 1. The van der Waals surface area contributed by atoms with Gasteiger partial charge in [0.15, 0.2) is 0 Å². The number of esters is 1. The maximum Gasteiger partial charge on any atom is 0.306 e. The topological polar surface area (TPSA) is 60.4 Å². The molecule has 1 aromatic carbocycles. The molecule has 4 nitrogen and oxygen atoms in total. The average molecular weight is 317 g/mol. The van der Waals surface area contributed by atoms with Gasteiger partial charge in [0.1, 0.15) is 5.78 Å². The molecule has 1 aromatic rings. The van der Waals surface area contributed by atoms with Gasteiger partial charge in [0.2, 0.25) is 0 Å². The quantitative estimate of drug-likeness (QED) is 0.691. The molecule has 0 saturated carbocycles. The van der Waals surface area contributed by atoms with E-state index in [9.17, 15) is 13.8 Å². The Labute approximate surface area is 125 Å². The molecule has 0 fully saturated rings. The molecular weight excluding hydrogens is 300 g/mol. The number of hydrogen-bond donors (Lipinski definition) is 0. The van der Waals surface area contributed by atoms with Gasteiger partial charge in [-0.1, -0.05) is 29.8 Å². The van der Waals surface area contributed by atoms with Gasteiger partial charge >= 0.3 is 5.97 Å². The molecule has 6 heteroatoms. The zero-order chi connectivity index (χ0) is 15.0. The molecule has 0 aromatic heterocycles. The second-order valence-electron chi connectivity index (χ2n) is 4.16. The van der Waals surface area contributed by atoms with E-state index in [1.807, 2.05) is 0 Å². The number of ketones is 1. The Bertz CT molecular complexity index is 502. The van der Waals surface area contributed by atoms with Crippen LogP contribution in [0.5, 0.6) is 0 Å². The smallest absolute Gasteiger partial charge is 0.306 e. The lowest BCUT2D eigenvalue weighted by Gasteiger charge is -2.04. The minimum Gasteiger partial charge on any atom is -0.466 e. The maximum absolute atomic E-state index is 11.9. The van der Waals surface area contributed by atoms with Crippen molar-refractivity contribution < 1.29 is 18.5 Å². The van der Waals surface area contributed by atoms with E-state index in [-0.39, 0.29) is 30.1 Å². The van der Waals surface area contributed by atoms with Gasteiger partial charge in [0.05, 0.1) is 24.5 Å². The summed E-state index contributed by atoms with van der Waals surface area (Å²) in [6.45, 7) is 2.00. The van der Waals surface area contributed by atoms with Crippen molar-refractivity contribution in [1.29, 1.82) is 0 Å². The van der Waals surface area contributed by atoms with E-state index >= 15 is 0 Å². The highest BCUT2D eigenvalue weighted by Crippen LogP contribution is 2.16. The van der Waals surface area contributed by atoms with Crippen LogP contribution in [0, 0.1) is 0 Å². The molecule has 0 bridgehead atoms. The minimum absolute atomic E-state index is 0.0377. The van der Waals surface area contributed by atoms with Crippen molar-refractivity contribution in [3.05, 3.63) is 34.9 Å². The molecule has 0 spiro atoms. The highest BCUT2D eigenvalue weighted by Gasteiger charge is 2.12. The Balaban J connectivity index is 2.37. The van der Waals surface area contributed by atoms with Crippen molar-refractivity contribution in [3.8, 4) is 0 Å². The van der Waals surface area contributed by atoms with Crippen molar-refractivity contribution in [1.82, 2.24) is 0 Å². The number of carbonyl (C=O) groups excluding carboxylic acids is 2. The van der Waals surface area contributed by atoms with Gasteiger partial charge in [0.25, 0.3) is 0 Å². The summed E-state index contributed by atoms with van der Waals surface area (Å²) in [5.41, 5.74) is 0.755. The van der Waals surface area contributed by atoms with Crippen LogP contribution in [0.2, 0.25) is 5.02 Å². The molecule has 0 N–H and O–H groups in total. The first-order valence-electron chi connectivity index (χ1n) is 6.28. The van der Waals surface area contributed by atoms with Gasteiger partial charge in [-0.15, -0.1) is 0 Å². The number of carbonyl (C=O) groups is 2. The van der Waals surface area contributed by atoms with E-state index in [4.69, 9.17) is 16.3 Å². The predicted octanol–water partition coefficient (Wildman–Crippen LogP) is 2.50. The first-order chi connectivity index (χ1) is 9.52. The van der Waals surface area contributed by atoms with E-state index in [1.54, 1.807) is 31.2 Å². The monoisotopic (exact) mass is 316 g/mol. The van der Waals surface area contributed by atoms with Crippen LogP contribution in [0.15, 0.2) is 24.3 Å². The lowest BCUT2D eigenvalue weighted by molar-refractivity contribution is -0.144. The van der Waals surface area contributed by atoms with Crippen LogP contribution in [0.25, 0.3) is 0 Å². The van der Waals surface area contributed by atoms with Crippen LogP contribution in [-0.4, -0.2) is 28.3 Å². The Kier molecular flexibility index (Phi) is 7.47. The van der Waals surface area contributed by atoms with Crippen LogP contribution < -0.4 is 0 Å². The Morgan fingerprint density at radius 3 is 2.60 bits per heavy atom. The van der Waals surface area contributed by atoms with Gasteiger partial charge in [-0.2, -0.15) is 0 Å². The predicted molar refractivity (Wildman–Crippen MR) is 79.0 cm³/mol.